The Hall–Kier alpha value is -2.10. The molecular weight excluding hydrogens is 192 g/mol. The van der Waals surface area contributed by atoms with E-state index in [1.165, 1.54) is 13.1 Å². The number of benzene rings is 1. The van der Waals surface area contributed by atoms with Crippen LogP contribution >= 0.6 is 0 Å². The van der Waals surface area contributed by atoms with Crippen molar-refractivity contribution in [2.75, 3.05) is 5.32 Å². The number of nitrogens with one attached hydrogen (secondary N) is 1. The van der Waals surface area contributed by atoms with Gasteiger partial charge in [-0.3, -0.25) is 9.78 Å². The molecule has 4 heteroatoms. The van der Waals surface area contributed by atoms with E-state index < -0.39 is 0 Å². The van der Waals surface area contributed by atoms with Gasteiger partial charge in [-0.2, -0.15) is 0 Å². The normalized spacial score (nSPS) is 10.2. The van der Waals surface area contributed by atoms with E-state index in [1.54, 1.807) is 6.07 Å². The van der Waals surface area contributed by atoms with E-state index in [0.717, 1.165) is 10.9 Å². The van der Waals surface area contributed by atoms with E-state index in [9.17, 15) is 9.90 Å². The van der Waals surface area contributed by atoms with Crippen LogP contribution in [0, 0.1) is 0 Å². The van der Waals surface area contributed by atoms with E-state index >= 15 is 0 Å². The lowest BCUT2D eigenvalue weighted by molar-refractivity contribution is -0.114. The molecule has 2 N–H and O–H groups in total. The lowest BCUT2D eigenvalue weighted by Gasteiger charge is -2.08. The fourth-order valence-electron chi connectivity index (χ4n) is 1.44. The first-order valence-corrected chi connectivity index (χ1v) is 4.53. The molecule has 0 spiro atoms. The molecule has 0 saturated carbocycles. The fraction of sp³-hybridized carbons (Fsp3) is 0.0909. The summed E-state index contributed by atoms with van der Waals surface area (Å²) in [6.07, 6.45) is 1.33. The molecular formula is C11H10N2O2. The van der Waals surface area contributed by atoms with E-state index in [2.05, 4.69) is 10.3 Å². The number of rotatable bonds is 1. The monoisotopic (exact) mass is 202 g/mol. The van der Waals surface area contributed by atoms with Crippen molar-refractivity contribution in [1.29, 1.82) is 0 Å². The van der Waals surface area contributed by atoms with Crippen LogP contribution in [0.1, 0.15) is 6.92 Å². The predicted molar refractivity (Wildman–Crippen MR) is 57.7 cm³/mol. The number of pyridine rings is 1. The van der Waals surface area contributed by atoms with Crippen LogP contribution in [0.15, 0.2) is 30.5 Å². The van der Waals surface area contributed by atoms with Crippen LogP contribution in [0.2, 0.25) is 0 Å². The number of hydrogen-bond donors (Lipinski definition) is 2. The number of aromatic hydroxyl groups is 1. The van der Waals surface area contributed by atoms with Gasteiger partial charge in [-0.15, -0.1) is 0 Å². The Labute approximate surface area is 86.6 Å². The summed E-state index contributed by atoms with van der Waals surface area (Å²) < 4.78 is 0. The molecule has 0 aliphatic heterocycles. The van der Waals surface area contributed by atoms with Crippen molar-refractivity contribution < 1.29 is 9.90 Å². The Morgan fingerprint density at radius 1 is 1.40 bits per heavy atom. The van der Waals surface area contributed by atoms with Crippen molar-refractivity contribution in [3.63, 3.8) is 0 Å². The molecule has 1 heterocycles. The van der Waals surface area contributed by atoms with Gasteiger partial charge in [0.05, 0.1) is 17.4 Å². The molecule has 0 aliphatic carbocycles. The first-order chi connectivity index (χ1) is 7.18. The molecule has 15 heavy (non-hydrogen) atoms. The van der Waals surface area contributed by atoms with Gasteiger partial charge in [0.15, 0.2) is 5.75 Å². The highest BCUT2D eigenvalue weighted by molar-refractivity contribution is 6.02. The van der Waals surface area contributed by atoms with Gasteiger partial charge >= 0.3 is 0 Å². The fourth-order valence-corrected chi connectivity index (χ4v) is 1.44. The van der Waals surface area contributed by atoms with Crippen LogP contribution in [0.5, 0.6) is 5.75 Å². The SMILES string of the molecule is CC(=O)Nc1c(O)cnc2ccccc12. The molecule has 0 aliphatic rings. The van der Waals surface area contributed by atoms with Crippen molar-refractivity contribution in [1.82, 2.24) is 4.98 Å². The van der Waals surface area contributed by atoms with Gasteiger partial charge in [0, 0.05) is 12.3 Å². The number of nitrogens with zero attached hydrogens (tertiary/aromatic N) is 1. The van der Waals surface area contributed by atoms with Crippen LogP contribution in [0.25, 0.3) is 10.9 Å². The number of carbonyl (C=O) groups is 1. The van der Waals surface area contributed by atoms with Crippen molar-refractivity contribution in [2.24, 2.45) is 0 Å². The molecule has 0 radical (unpaired) electrons. The van der Waals surface area contributed by atoms with Crippen LogP contribution in [-0.4, -0.2) is 16.0 Å². The van der Waals surface area contributed by atoms with Crippen molar-refractivity contribution in [3.05, 3.63) is 30.5 Å². The summed E-state index contributed by atoms with van der Waals surface area (Å²) in [5.74, 6) is -0.245. The molecule has 0 saturated heterocycles. The van der Waals surface area contributed by atoms with Gasteiger partial charge < -0.3 is 10.4 Å². The second-order valence-corrected chi connectivity index (χ2v) is 3.22. The molecule has 0 fully saturated rings. The van der Waals surface area contributed by atoms with Gasteiger partial charge in [-0.25, -0.2) is 0 Å². The minimum Gasteiger partial charge on any atom is -0.504 e. The standard InChI is InChI=1S/C11H10N2O2/c1-7(14)13-11-8-4-2-3-5-9(8)12-6-10(11)15/h2-6,15H,1H3,(H,12,13,14). The Bertz CT molecular complexity index is 523. The van der Waals surface area contributed by atoms with E-state index in [0.29, 0.717) is 5.69 Å². The largest absolute Gasteiger partial charge is 0.504 e. The quantitative estimate of drug-likeness (QED) is 0.742. The number of anilines is 1. The van der Waals surface area contributed by atoms with Crippen molar-refractivity contribution in [3.8, 4) is 5.75 Å². The van der Waals surface area contributed by atoms with Gasteiger partial charge in [0.25, 0.3) is 0 Å². The number of para-hydroxylation sites is 1. The molecule has 1 aromatic heterocycles. The summed E-state index contributed by atoms with van der Waals surface area (Å²) in [5, 5.41) is 12.9. The molecule has 76 valence electrons. The lowest BCUT2D eigenvalue weighted by Crippen LogP contribution is -2.06. The van der Waals surface area contributed by atoms with Crippen LogP contribution in [-0.2, 0) is 4.79 Å². The van der Waals surface area contributed by atoms with Gasteiger partial charge in [-0.1, -0.05) is 18.2 Å². The number of carbonyl (C=O) groups excluding carboxylic acids is 1. The number of hydrogen-bond acceptors (Lipinski definition) is 3. The van der Waals surface area contributed by atoms with Gasteiger partial charge in [0.1, 0.15) is 0 Å². The number of fused-ring (bicyclic) bond motifs is 1. The molecule has 0 unspecified atom stereocenters. The average Bonchev–Trinajstić information content (AvgIpc) is 2.22. The highest BCUT2D eigenvalue weighted by atomic mass is 16.3. The summed E-state index contributed by atoms with van der Waals surface area (Å²) in [4.78, 5) is 15.0. The summed E-state index contributed by atoms with van der Waals surface area (Å²) in [6, 6.07) is 7.30. The van der Waals surface area contributed by atoms with Crippen molar-refractivity contribution >= 4 is 22.5 Å². The van der Waals surface area contributed by atoms with Gasteiger partial charge in [0.2, 0.25) is 5.91 Å². The first-order valence-electron chi connectivity index (χ1n) is 4.53. The molecule has 2 rings (SSSR count). The molecule has 4 nitrogen and oxygen atoms in total. The van der Waals surface area contributed by atoms with Gasteiger partial charge in [-0.05, 0) is 6.07 Å². The lowest BCUT2D eigenvalue weighted by atomic mass is 10.2. The second kappa shape index (κ2) is 3.57. The third-order valence-corrected chi connectivity index (χ3v) is 2.06. The van der Waals surface area contributed by atoms with Crippen molar-refractivity contribution in [2.45, 2.75) is 6.92 Å². The predicted octanol–water partition coefficient (Wildman–Crippen LogP) is 1.90. The average molecular weight is 202 g/mol. The topological polar surface area (TPSA) is 62.2 Å². The minimum absolute atomic E-state index is 0.0242. The van der Waals surface area contributed by atoms with E-state index in [1.807, 2.05) is 18.2 Å². The maximum atomic E-state index is 11.0. The van der Waals surface area contributed by atoms with E-state index in [-0.39, 0.29) is 11.7 Å². The van der Waals surface area contributed by atoms with Crippen LogP contribution in [0.3, 0.4) is 0 Å². The summed E-state index contributed by atoms with van der Waals surface area (Å²) in [5.41, 5.74) is 1.15. The molecule has 0 atom stereocenters. The highest BCUT2D eigenvalue weighted by Gasteiger charge is 2.08. The minimum atomic E-state index is -0.221. The molecule has 2 aromatic rings. The molecule has 1 amide bonds. The zero-order valence-electron chi connectivity index (χ0n) is 8.19. The third-order valence-electron chi connectivity index (χ3n) is 2.06. The maximum absolute atomic E-state index is 11.0. The Morgan fingerprint density at radius 2 is 2.13 bits per heavy atom. The second-order valence-electron chi connectivity index (χ2n) is 3.22. The summed E-state index contributed by atoms with van der Waals surface area (Å²) in [7, 11) is 0. The summed E-state index contributed by atoms with van der Waals surface area (Å²) >= 11 is 0. The summed E-state index contributed by atoms with van der Waals surface area (Å²) in [6.45, 7) is 1.40. The smallest absolute Gasteiger partial charge is 0.221 e. The third kappa shape index (κ3) is 1.74. The maximum Gasteiger partial charge on any atom is 0.221 e. The molecule has 0 bridgehead atoms. The zero-order valence-corrected chi connectivity index (χ0v) is 8.19. The number of amides is 1. The van der Waals surface area contributed by atoms with Crippen LogP contribution < -0.4 is 5.32 Å². The Balaban J connectivity index is 2.68. The molecule has 1 aromatic carbocycles. The zero-order chi connectivity index (χ0) is 10.8. The van der Waals surface area contributed by atoms with E-state index in [4.69, 9.17) is 0 Å². The number of aromatic nitrogens is 1. The Kier molecular flexibility index (Phi) is 2.25. The highest BCUT2D eigenvalue weighted by Crippen LogP contribution is 2.30. The van der Waals surface area contributed by atoms with Crippen LogP contribution in [0.4, 0.5) is 5.69 Å². The Morgan fingerprint density at radius 3 is 2.87 bits per heavy atom. The first kappa shape index (κ1) is 9.45.